The summed E-state index contributed by atoms with van der Waals surface area (Å²) in [5, 5.41) is 7.58. The number of hydrogen-bond acceptors (Lipinski definition) is 5. The number of nitrogens with zero attached hydrogens (tertiary/aromatic N) is 4. The average molecular weight is 385 g/mol. The van der Waals surface area contributed by atoms with Gasteiger partial charge in [-0.15, -0.1) is 5.10 Å². The Kier molecular flexibility index (Phi) is 6.84. The molecular weight excluding hydrogens is 362 g/mol. The largest absolute Gasteiger partial charge is 0.350 e. The standard InChI is InChI=1S/C23H23N5O/c1-3-10-18(4-2)17-25-23-26-22(20-13-8-9-16-24-20)27-28(23)21(29)15-14-19-11-6-5-7-12-19/h3-13,16H,1-2,14-15,17H2,(H,25,26,27). The molecule has 0 bridgehead atoms. The van der Waals surface area contributed by atoms with Crippen LogP contribution in [0.2, 0.25) is 0 Å². The van der Waals surface area contributed by atoms with Crippen molar-refractivity contribution in [1.29, 1.82) is 0 Å². The third-order valence-electron chi connectivity index (χ3n) is 4.25. The van der Waals surface area contributed by atoms with Gasteiger partial charge in [-0.05, 0) is 29.7 Å². The molecule has 0 saturated heterocycles. The van der Waals surface area contributed by atoms with Crippen LogP contribution in [0, 0.1) is 0 Å². The molecule has 0 saturated carbocycles. The molecule has 0 radical (unpaired) electrons. The van der Waals surface area contributed by atoms with E-state index in [1.807, 2.05) is 54.6 Å². The number of pyridine rings is 1. The number of carbonyl (C=O) groups is 1. The van der Waals surface area contributed by atoms with Crippen LogP contribution in [0.5, 0.6) is 0 Å². The van der Waals surface area contributed by atoms with Gasteiger partial charge in [-0.1, -0.05) is 67.8 Å². The van der Waals surface area contributed by atoms with Gasteiger partial charge in [-0.2, -0.15) is 9.67 Å². The van der Waals surface area contributed by atoms with E-state index in [0.717, 1.165) is 11.1 Å². The second-order valence-corrected chi connectivity index (χ2v) is 6.30. The predicted molar refractivity (Wildman–Crippen MR) is 116 cm³/mol. The first kappa shape index (κ1) is 19.9. The fourth-order valence-corrected chi connectivity index (χ4v) is 2.74. The van der Waals surface area contributed by atoms with Gasteiger partial charge in [-0.25, -0.2) is 0 Å². The molecule has 1 N–H and O–H groups in total. The number of allylic oxidation sites excluding steroid dienone is 2. The molecule has 0 spiro atoms. The number of aryl methyl sites for hydroxylation is 1. The van der Waals surface area contributed by atoms with Gasteiger partial charge in [0, 0.05) is 19.2 Å². The van der Waals surface area contributed by atoms with E-state index in [0.29, 0.717) is 36.9 Å². The van der Waals surface area contributed by atoms with Gasteiger partial charge >= 0.3 is 0 Å². The normalized spacial score (nSPS) is 11.1. The summed E-state index contributed by atoms with van der Waals surface area (Å²) in [6.07, 6.45) is 7.88. The number of rotatable bonds is 9. The highest BCUT2D eigenvalue weighted by Crippen LogP contribution is 2.17. The van der Waals surface area contributed by atoms with Crippen molar-refractivity contribution < 1.29 is 4.79 Å². The molecule has 0 unspecified atom stereocenters. The van der Waals surface area contributed by atoms with Crippen LogP contribution in [0.4, 0.5) is 5.95 Å². The van der Waals surface area contributed by atoms with Crippen molar-refractivity contribution in [2.45, 2.75) is 12.8 Å². The van der Waals surface area contributed by atoms with Gasteiger partial charge in [0.05, 0.1) is 0 Å². The van der Waals surface area contributed by atoms with Crippen molar-refractivity contribution in [3.05, 3.63) is 97.3 Å². The summed E-state index contributed by atoms with van der Waals surface area (Å²) in [5.41, 5.74) is 2.63. The lowest BCUT2D eigenvalue weighted by atomic mass is 10.1. The number of aromatic nitrogens is 4. The van der Waals surface area contributed by atoms with Gasteiger partial charge in [0.25, 0.3) is 0 Å². The molecular formula is C23H23N5O. The van der Waals surface area contributed by atoms with Crippen molar-refractivity contribution in [2.75, 3.05) is 11.9 Å². The highest BCUT2D eigenvalue weighted by atomic mass is 16.2. The van der Waals surface area contributed by atoms with Crippen molar-refractivity contribution >= 4 is 11.9 Å². The molecule has 0 amide bonds. The topological polar surface area (TPSA) is 72.7 Å². The fraction of sp³-hybridized carbons (Fsp3) is 0.130. The summed E-state index contributed by atoms with van der Waals surface area (Å²) in [5.74, 6) is 0.633. The molecule has 6 heteroatoms. The van der Waals surface area contributed by atoms with E-state index >= 15 is 0 Å². The SMILES string of the molecule is C=CC=C(C=C)CNc1nc(-c2ccccn2)nn1C(=O)CCc1ccccc1. The molecule has 0 aliphatic heterocycles. The molecule has 1 aromatic carbocycles. The van der Waals surface area contributed by atoms with Gasteiger partial charge in [0.2, 0.25) is 17.7 Å². The zero-order chi connectivity index (χ0) is 20.5. The Balaban J connectivity index is 1.83. The molecule has 0 atom stereocenters. The Morgan fingerprint density at radius 3 is 2.59 bits per heavy atom. The molecule has 0 aliphatic rings. The van der Waals surface area contributed by atoms with E-state index in [1.54, 1.807) is 18.3 Å². The Labute approximate surface area is 170 Å². The number of nitrogens with one attached hydrogen (secondary N) is 1. The van der Waals surface area contributed by atoms with Crippen LogP contribution >= 0.6 is 0 Å². The minimum Gasteiger partial charge on any atom is -0.350 e. The molecule has 6 nitrogen and oxygen atoms in total. The van der Waals surface area contributed by atoms with E-state index in [-0.39, 0.29) is 5.91 Å². The molecule has 29 heavy (non-hydrogen) atoms. The second-order valence-electron chi connectivity index (χ2n) is 6.30. The molecule has 3 rings (SSSR count). The van der Waals surface area contributed by atoms with Crippen molar-refractivity contribution in [1.82, 2.24) is 19.7 Å². The van der Waals surface area contributed by atoms with Crippen LogP contribution < -0.4 is 5.32 Å². The lowest BCUT2D eigenvalue weighted by Crippen LogP contribution is -2.18. The van der Waals surface area contributed by atoms with E-state index in [2.05, 4.69) is 33.5 Å². The van der Waals surface area contributed by atoms with Gasteiger partial charge in [-0.3, -0.25) is 9.78 Å². The highest BCUT2D eigenvalue weighted by Gasteiger charge is 2.17. The van der Waals surface area contributed by atoms with Gasteiger partial charge in [0.1, 0.15) is 5.69 Å². The van der Waals surface area contributed by atoms with Gasteiger partial charge in [0.15, 0.2) is 0 Å². The first-order valence-corrected chi connectivity index (χ1v) is 9.34. The van der Waals surface area contributed by atoms with E-state index in [1.165, 1.54) is 4.68 Å². The van der Waals surface area contributed by atoms with Crippen LogP contribution in [-0.4, -0.2) is 32.2 Å². The molecule has 3 aromatic rings. The zero-order valence-corrected chi connectivity index (χ0v) is 16.2. The first-order chi connectivity index (χ1) is 14.2. The van der Waals surface area contributed by atoms with Crippen molar-refractivity contribution in [2.24, 2.45) is 0 Å². The Morgan fingerprint density at radius 1 is 1.10 bits per heavy atom. The molecule has 2 aromatic heterocycles. The maximum absolute atomic E-state index is 12.9. The summed E-state index contributed by atoms with van der Waals surface area (Å²) >= 11 is 0. The Bertz CT molecular complexity index is 1010. The molecule has 146 valence electrons. The monoisotopic (exact) mass is 385 g/mol. The average Bonchev–Trinajstić information content (AvgIpc) is 3.20. The molecule has 0 fully saturated rings. The van der Waals surface area contributed by atoms with Gasteiger partial charge < -0.3 is 5.32 Å². The lowest BCUT2D eigenvalue weighted by molar-refractivity contribution is 0.0890. The zero-order valence-electron chi connectivity index (χ0n) is 16.2. The number of carbonyl (C=O) groups excluding carboxylic acids is 1. The maximum Gasteiger partial charge on any atom is 0.250 e. The van der Waals surface area contributed by atoms with Crippen LogP contribution in [0.15, 0.2) is 91.7 Å². The predicted octanol–water partition coefficient (Wildman–Crippen LogP) is 4.32. The van der Waals surface area contributed by atoms with Crippen molar-refractivity contribution in [3.63, 3.8) is 0 Å². The number of benzene rings is 1. The summed E-state index contributed by atoms with van der Waals surface area (Å²) in [7, 11) is 0. The third-order valence-corrected chi connectivity index (χ3v) is 4.25. The minimum atomic E-state index is -0.140. The Hall–Kier alpha value is -3.80. The second kappa shape index (κ2) is 9.94. The molecule has 0 aliphatic carbocycles. The maximum atomic E-state index is 12.9. The van der Waals surface area contributed by atoms with Crippen LogP contribution in [0.25, 0.3) is 11.5 Å². The summed E-state index contributed by atoms with van der Waals surface area (Å²) in [6, 6.07) is 15.4. The lowest BCUT2D eigenvalue weighted by Gasteiger charge is -2.07. The highest BCUT2D eigenvalue weighted by molar-refractivity contribution is 5.81. The summed E-state index contributed by atoms with van der Waals surface area (Å²) in [4.78, 5) is 21.6. The van der Waals surface area contributed by atoms with E-state index in [4.69, 9.17) is 0 Å². The molecule has 2 heterocycles. The first-order valence-electron chi connectivity index (χ1n) is 9.34. The summed E-state index contributed by atoms with van der Waals surface area (Å²) < 4.78 is 1.32. The van der Waals surface area contributed by atoms with Crippen LogP contribution in [0.1, 0.15) is 16.8 Å². The van der Waals surface area contributed by atoms with Crippen LogP contribution in [0.3, 0.4) is 0 Å². The number of hydrogen-bond donors (Lipinski definition) is 1. The van der Waals surface area contributed by atoms with E-state index < -0.39 is 0 Å². The fourth-order valence-electron chi connectivity index (χ4n) is 2.74. The quantitative estimate of drug-likeness (QED) is 0.555. The minimum absolute atomic E-state index is 0.140. The van der Waals surface area contributed by atoms with Crippen LogP contribution in [-0.2, 0) is 6.42 Å². The summed E-state index contributed by atoms with van der Waals surface area (Å²) in [6.45, 7) is 7.93. The van der Waals surface area contributed by atoms with E-state index in [9.17, 15) is 4.79 Å². The number of anilines is 1. The smallest absolute Gasteiger partial charge is 0.250 e. The third kappa shape index (κ3) is 5.35. The van der Waals surface area contributed by atoms with Crippen molar-refractivity contribution in [3.8, 4) is 11.5 Å². The Morgan fingerprint density at radius 2 is 1.90 bits per heavy atom.